The summed E-state index contributed by atoms with van der Waals surface area (Å²) in [5.41, 5.74) is 5.59. The number of nitrogens with two attached hydrogens (primary N) is 1. The van der Waals surface area contributed by atoms with Crippen molar-refractivity contribution < 1.29 is 9.53 Å². The molecule has 10 heteroatoms. The zero-order valence-electron chi connectivity index (χ0n) is 14.3. The van der Waals surface area contributed by atoms with Gasteiger partial charge in [-0.05, 0) is 24.3 Å². The van der Waals surface area contributed by atoms with Crippen molar-refractivity contribution in [2.45, 2.75) is 25.0 Å². The van der Waals surface area contributed by atoms with Crippen LogP contribution < -0.4 is 16.0 Å². The number of carbonyl (C=O) groups excluding carboxylic acids is 1. The maximum absolute atomic E-state index is 12.6. The number of hydrogen-bond donors (Lipinski definition) is 2. The summed E-state index contributed by atoms with van der Waals surface area (Å²) in [4.78, 5) is 22.1. The number of hydrogen-bond acceptors (Lipinski definition) is 8. The van der Waals surface area contributed by atoms with Crippen molar-refractivity contribution in [3.63, 3.8) is 0 Å². The van der Waals surface area contributed by atoms with E-state index in [1.807, 2.05) is 11.0 Å². The number of urea groups is 1. The van der Waals surface area contributed by atoms with Crippen LogP contribution >= 0.6 is 22.9 Å². The average molecular weight is 395 g/mol. The van der Waals surface area contributed by atoms with Crippen molar-refractivity contribution in [2.75, 3.05) is 43.4 Å². The fourth-order valence-electron chi connectivity index (χ4n) is 3.32. The van der Waals surface area contributed by atoms with Crippen molar-refractivity contribution in [2.24, 2.45) is 0 Å². The lowest BCUT2D eigenvalue weighted by atomic mass is 10.0. The van der Waals surface area contributed by atoms with Crippen LogP contribution in [0, 0.1) is 0 Å². The van der Waals surface area contributed by atoms with Crippen LogP contribution in [0.2, 0.25) is 0 Å². The highest BCUT2D eigenvalue weighted by atomic mass is 32.1. The monoisotopic (exact) mass is 394 g/mol. The Kier molecular flexibility index (Phi) is 5.23. The van der Waals surface area contributed by atoms with E-state index in [-0.39, 0.29) is 18.2 Å². The first-order valence-electron chi connectivity index (χ1n) is 8.73. The largest absolute Gasteiger partial charge is 0.373 e. The van der Waals surface area contributed by atoms with Gasteiger partial charge in [0.1, 0.15) is 0 Å². The van der Waals surface area contributed by atoms with Gasteiger partial charge in [-0.25, -0.2) is 4.79 Å². The summed E-state index contributed by atoms with van der Waals surface area (Å²) < 4.78 is 9.88. The molecule has 2 aliphatic rings. The molecule has 140 valence electrons. The van der Waals surface area contributed by atoms with E-state index in [1.165, 1.54) is 16.4 Å². The van der Waals surface area contributed by atoms with Gasteiger partial charge in [0.25, 0.3) is 0 Å². The summed E-state index contributed by atoms with van der Waals surface area (Å²) in [6, 6.07) is 4.30. The Morgan fingerprint density at radius 3 is 2.88 bits per heavy atom. The maximum Gasteiger partial charge on any atom is 0.317 e. The topological polar surface area (TPSA) is 96.6 Å². The van der Waals surface area contributed by atoms with Gasteiger partial charge in [-0.1, -0.05) is 6.07 Å². The fourth-order valence-corrected chi connectivity index (χ4v) is 4.76. The van der Waals surface area contributed by atoms with Crippen molar-refractivity contribution in [3.05, 3.63) is 22.4 Å². The van der Waals surface area contributed by atoms with Crippen LogP contribution in [-0.2, 0) is 4.74 Å². The second-order valence-corrected chi connectivity index (χ2v) is 8.16. The van der Waals surface area contributed by atoms with E-state index in [1.54, 1.807) is 11.3 Å². The van der Waals surface area contributed by atoms with E-state index < -0.39 is 0 Å². The van der Waals surface area contributed by atoms with Crippen molar-refractivity contribution in [1.29, 1.82) is 0 Å². The Labute approximate surface area is 160 Å². The first kappa shape index (κ1) is 17.5. The third kappa shape index (κ3) is 3.92. The number of anilines is 2. The third-order valence-electron chi connectivity index (χ3n) is 4.74. The Hall–Kier alpha value is -1.91. The van der Waals surface area contributed by atoms with Crippen LogP contribution in [0.1, 0.15) is 23.8 Å². The second kappa shape index (κ2) is 7.77. The van der Waals surface area contributed by atoms with E-state index in [2.05, 4.69) is 31.0 Å². The molecule has 2 saturated heterocycles. The lowest BCUT2D eigenvalue weighted by Crippen LogP contribution is -2.54. The maximum atomic E-state index is 12.6. The van der Waals surface area contributed by atoms with Crippen LogP contribution in [0.5, 0.6) is 0 Å². The molecule has 0 aromatic carbocycles. The number of nitrogen functional groups attached to an aromatic ring is 1. The Bertz CT molecular complexity index is 729. The fraction of sp³-hybridized carbons (Fsp3) is 0.562. The Morgan fingerprint density at radius 1 is 1.35 bits per heavy atom. The SMILES string of the molecule is Nc1nsc(N2CCN(C(=O)NC3CCOC(c4cccs4)C3)CC2)n1. The number of carbonyl (C=O) groups is 1. The average Bonchev–Trinajstić information content (AvgIpc) is 3.34. The molecule has 26 heavy (non-hydrogen) atoms. The first-order chi connectivity index (χ1) is 12.7. The number of aromatic nitrogens is 2. The van der Waals surface area contributed by atoms with Crippen molar-refractivity contribution >= 4 is 40.0 Å². The highest BCUT2D eigenvalue weighted by Crippen LogP contribution is 2.31. The normalized spacial score (nSPS) is 23.8. The summed E-state index contributed by atoms with van der Waals surface area (Å²) in [5, 5.41) is 6.07. The molecule has 2 unspecified atom stereocenters. The van der Waals surface area contributed by atoms with E-state index in [0.717, 1.165) is 31.1 Å². The quantitative estimate of drug-likeness (QED) is 0.826. The second-order valence-electron chi connectivity index (χ2n) is 6.45. The van der Waals surface area contributed by atoms with Gasteiger partial charge in [-0.15, -0.1) is 11.3 Å². The number of nitrogens with one attached hydrogen (secondary N) is 1. The van der Waals surface area contributed by atoms with Crippen LogP contribution in [0.4, 0.5) is 15.9 Å². The molecule has 0 radical (unpaired) electrons. The van der Waals surface area contributed by atoms with Gasteiger partial charge in [-0.3, -0.25) is 0 Å². The molecule has 4 rings (SSSR count). The lowest BCUT2D eigenvalue weighted by Gasteiger charge is -2.36. The van der Waals surface area contributed by atoms with Crippen molar-refractivity contribution in [1.82, 2.24) is 19.6 Å². The molecule has 8 nitrogen and oxygen atoms in total. The van der Waals surface area contributed by atoms with Crippen molar-refractivity contribution in [3.8, 4) is 0 Å². The molecule has 4 heterocycles. The number of piperazine rings is 1. The van der Waals surface area contributed by atoms with Gasteiger partial charge >= 0.3 is 6.03 Å². The summed E-state index contributed by atoms with van der Waals surface area (Å²) >= 11 is 3.01. The highest BCUT2D eigenvalue weighted by molar-refractivity contribution is 7.10. The first-order valence-corrected chi connectivity index (χ1v) is 10.4. The number of thiophene rings is 1. The molecule has 0 spiro atoms. The smallest absolute Gasteiger partial charge is 0.317 e. The lowest BCUT2D eigenvalue weighted by molar-refractivity contribution is 0.00356. The molecule has 3 N–H and O–H groups in total. The zero-order chi connectivity index (χ0) is 17.9. The molecule has 2 amide bonds. The molecule has 0 aliphatic carbocycles. The van der Waals surface area contributed by atoms with Crippen LogP contribution in [0.15, 0.2) is 17.5 Å². The van der Waals surface area contributed by atoms with Gasteiger partial charge in [0, 0.05) is 55.2 Å². The van der Waals surface area contributed by atoms with E-state index >= 15 is 0 Å². The minimum atomic E-state index is 0.0123. The van der Waals surface area contributed by atoms with Gasteiger partial charge in [0.2, 0.25) is 11.1 Å². The molecular formula is C16H22N6O2S2. The van der Waals surface area contributed by atoms with Crippen LogP contribution in [-0.4, -0.2) is 59.1 Å². The molecule has 2 atom stereocenters. The third-order valence-corrected chi connectivity index (χ3v) is 6.50. The molecular weight excluding hydrogens is 372 g/mol. The van der Waals surface area contributed by atoms with Gasteiger partial charge in [-0.2, -0.15) is 9.36 Å². The van der Waals surface area contributed by atoms with E-state index in [0.29, 0.717) is 25.6 Å². The van der Waals surface area contributed by atoms with Crippen LogP contribution in [0.25, 0.3) is 0 Å². The van der Waals surface area contributed by atoms with Crippen LogP contribution in [0.3, 0.4) is 0 Å². The number of amides is 2. The number of ether oxygens (including phenoxy) is 1. The predicted molar refractivity (Wildman–Crippen MR) is 103 cm³/mol. The molecule has 0 bridgehead atoms. The van der Waals surface area contributed by atoms with Gasteiger partial charge in [0.05, 0.1) is 6.10 Å². The molecule has 2 fully saturated rings. The number of nitrogens with zero attached hydrogens (tertiary/aromatic N) is 4. The summed E-state index contributed by atoms with van der Waals surface area (Å²) in [7, 11) is 0. The Balaban J connectivity index is 1.27. The summed E-state index contributed by atoms with van der Waals surface area (Å²) in [6.45, 7) is 3.51. The molecule has 2 aromatic heterocycles. The molecule has 2 aliphatic heterocycles. The molecule has 0 saturated carbocycles. The standard InChI is InChI=1S/C16H22N6O2S2/c17-14-19-16(26-20-14)22-6-4-21(5-7-22)15(23)18-11-3-8-24-12(10-11)13-2-1-9-25-13/h1-2,9,11-12H,3-8,10H2,(H2,17,20)(H,18,23). The minimum Gasteiger partial charge on any atom is -0.373 e. The molecule has 2 aromatic rings. The summed E-state index contributed by atoms with van der Waals surface area (Å²) in [6.07, 6.45) is 1.78. The highest BCUT2D eigenvalue weighted by Gasteiger charge is 2.28. The zero-order valence-corrected chi connectivity index (χ0v) is 16.0. The minimum absolute atomic E-state index is 0.0123. The van der Waals surface area contributed by atoms with E-state index in [9.17, 15) is 4.79 Å². The predicted octanol–water partition coefficient (Wildman–Crippen LogP) is 1.93. The Morgan fingerprint density at radius 2 is 2.19 bits per heavy atom. The number of rotatable bonds is 3. The van der Waals surface area contributed by atoms with E-state index in [4.69, 9.17) is 10.5 Å². The van der Waals surface area contributed by atoms with Gasteiger partial charge in [0.15, 0.2) is 0 Å². The summed E-state index contributed by atoms with van der Waals surface area (Å²) in [5.74, 6) is 0.310. The van der Waals surface area contributed by atoms with Gasteiger partial charge < -0.3 is 25.6 Å².